The molecule has 0 radical (unpaired) electrons. The van der Waals surface area contributed by atoms with Crippen molar-refractivity contribution in [1.82, 2.24) is 4.98 Å². The maximum atomic E-state index is 11.7. The van der Waals surface area contributed by atoms with Crippen LogP contribution in [0.1, 0.15) is 27.2 Å². The van der Waals surface area contributed by atoms with Crippen molar-refractivity contribution < 1.29 is 4.79 Å². The molecule has 1 N–H and O–H groups in total. The number of hydrogen-bond acceptors (Lipinski definition) is 1. The number of aromatic amines is 1. The van der Waals surface area contributed by atoms with Gasteiger partial charge in [0.05, 0.1) is 5.69 Å². The zero-order valence-electron chi connectivity index (χ0n) is 13.6. The Balaban J connectivity index is 2.03. The van der Waals surface area contributed by atoms with E-state index in [1.165, 1.54) is 0 Å². The number of para-hydroxylation sites is 1. The van der Waals surface area contributed by atoms with Gasteiger partial charge in [0.2, 0.25) is 0 Å². The van der Waals surface area contributed by atoms with Crippen LogP contribution in [-0.2, 0) is 0 Å². The first-order valence-corrected chi connectivity index (χ1v) is 8.25. The summed E-state index contributed by atoms with van der Waals surface area (Å²) >= 11 is 0. The molecule has 2 heteroatoms. The molecule has 0 aliphatic carbocycles. The summed E-state index contributed by atoms with van der Waals surface area (Å²) in [5.41, 5.74) is 5.73. The van der Waals surface area contributed by atoms with Gasteiger partial charge in [-0.25, -0.2) is 0 Å². The van der Waals surface area contributed by atoms with Gasteiger partial charge in [0.25, 0.3) is 0 Å². The van der Waals surface area contributed by atoms with E-state index in [2.05, 4.69) is 41.4 Å². The largest absolute Gasteiger partial charge is 0.352 e. The highest BCUT2D eigenvalue weighted by atomic mass is 16.1. The number of aldehydes is 1. The first-order valence-electron chi connectivity index (χ1n) is 8.25. The summed E-state index contributed by atoms with van der Waals surface area (Å²) in [6.45, 7) is 0. The fraction of sp³-hybridized carbons (Fsp3) is 0. The summed E-state index contributed by atoms with van der Waals surface area (Å²) in [6, 6.07) is 28.4. The number of nitrogens with one attached hydrogen (secondary N) is 1. The molecule has 0 aliphatic rings. The Morgan fingerprint density at radius 3 is 2.12 bits per heavy atom. The van der Waals surface area contributed by atoms with Crippen LogP contribution < -0.4 is 0 Å². The Morgan fingerprint density at radius 1 is 0.760 bits per heavy atom. The third-order valence-electron chi connectivity index (χ3n) is 4.32. The Bertz CT molecular complexity index is 1040. The van der Waals surface area contributed by atoms with Gasteiger partial charge in [-0.1, -0.05) is 78.9 Å². The molecule has 0 unspecified atom stereocenters. The van der Waals surface area contributed by atoms with Crippen molar-refractivity contribution in [3.63, 3.8) is 0 Å². The number of rotatable bonds is 4. The summed E-state index contributed by atoms with van der Waals surface area (Å²) in [7, 11) is 0. The SMILES string of the molecule is O=Cc1[nH]c2ccccc2c1C(=Cc1ccccc1)c1ccccc1. The molecule has 4 rings (SSSR count). The van der Waals surface area contributed by atoms with Gasteiger partial charge in [-0.3, -0.25) is 4.79 Å². The number of hydrogen-bond donors (Lipinski definition) is 1. The van der Waals surface area contributed by atoms with Gasteiger partial charge in [0.15, 0.2) is 6.29 Å². The van der Waals surface area contributed by atoms with E-state index >= 15 is 0 Å². The van der Waals surface area contributed by atoms with Crippen LogP contribution >= 0.6 is 0 Å². The van der Waals surface area contributed by atoms with Gasteiger partial charge < -0.3 is 4.98 Å². The minimum Gasteiger partial charge on any atom is -0.352 e. The summed E-state index contributed by atoms with van der Waals surface area (Å²) in [4.78, 5) is 15.0. The number of fused-ring (bicyclic) bond motifs is 1. The lowest BCUT2D eigenvalue weighted by atomic mass is 9.93. The molecule has 25 heavy (non-hydrogen) atoms. The molecular weight excluding hydrogens is 306 g/mol. The Morgan fingerprint density at radius 2 is 1.40 bits per heavy atom. The molecule has 0 bridgehead atoms. The standard InChI is InChI=1S/C23H17NO/c25-16-22-23(19-13-7-8-14-21(19)24-22)20(18-11-5-2-6-12-18)15-17-9-3-1-4-10-17/h1-16,24H. The lowest BCUT2D eigenvalue weighted by Crippen LogP contribution is -1.92. The van der Waals surface area contributed by atoms with Crippen LogP contribution in [0.15, 0.2) is 84.9 Å². The van der Waals surface area contributed by atoms with Gasteiger partial charge in [-0.2, -0.15) is 0 Å². The second-order valence-electron chi connectivity index (χ2n) is 5.91. The van der Waals surface area contributed by atoms with E-state index in [4.69, 9.17) is 0 Å². The number of H-pyrrole nitrogens is 1. The van der Waals surface area contributed by atoms with Crippen molar-refractivity contribution in [2.75, 3.05) is 0 Å². The molecule has 0 aliphatic heterocycles. The van der Waals surface area contributed by atoms with Gasteiger partial charge in [0.1, 0.15) is 0 Å². The molecule has 1 heterocycles. The molecule has 0 saturated heterocycles. The van der Waals surface area contributed by atoms with E-state index in [9.17, 15) is 4.79 Å². The zero-order valence-corrected chi connectivity index (χ0v) is 13.6. The Labute approximate surface area is 146 Å². The molecule has 0 fully saturated rings. The van der Waals surface area contributed by atoms with Crippen LogP contribution in [0.2, 0.25) is 0 Å². The number of carbonyl (C=O) groups is 1. The van der Waals surface area contributed by atoms with Crippen molar-refractivity contribution in [3.05, 3.63) is 107 Å². The lowest BCUT2D eigenvalue weighted by molar-refractivity contribution is 0.111. The van der Waals surface area contributed by atoms with E-state index in [-0.39, 0.29) is 0 Å². The predicted molar refractivity (Wildman–Crippen MR) is 104 cm³/mol. The normalized spacial score (nSPS) is 11.6. The third kappa shape index (κ3) is 2.90. The van der Waals surface area contributed by atoms with Crippen LogP contribution in [0, 0.1) is 0 Å². The summed E-state index contributed by atoms with van der Waals surface area (Å²) in [6.07, 6.45) is 3.04. The van der Waals surface area contributed by atoms with Crippen molar-refractivity contribution >= 4 is 28.8 Å². The molecule has 2 nitrogen and oxygen atoms in total. The average molecular weight is 323 g/mol. The molecule has 120 valence electrons. The predicted octanol–water partition coefficient (Wildman–Crippen LogP) is 5.57. The molecule has 1 aromatic heterocycles. The van der Waals surface area contributed by atoms with Crippen LogP contribution in [0.4, 0.5) is 0 Å². The highest BCUT2D eigenvalue weighted by Crippen LogP contribution is 2.34. The molecule has 0 spiro atoms. The zero-order chi connectivity index (χ0) is 17.1. The maximum Gasteiger partial charge on any atom is 0.166 e. The fourth-order valence-electron chi connectivity index (χ4n) is 3.17. The molecule has 3 aromatic carbocycles. The van der Waals surface area contributed by atoms with E-state index in [0.29, 0.717) is 5.69 Å². The fourth-order valence-corrected chi connectivity index (χ4v) is 3.17. The lowest BCUT2D eigenvalue weighted by Gasteiger charge is -2.09. The average Bonchev–Trinajstić information content (AvgIpc) is 3.06. The van der Waals surface area contributed by atoms with E-state index in [1.807, 2.05) is 54.6 Å². The van der Waals surface area contributed by atoms with E-state index in [0.717, 1.165) is 39.5 Å². The van der Waals surface area contributed by atoms with Gasteiger partial charge in [-0.15, -0.1) is 0 Å². The Kier molecular flexibility index (Phi) is 4.01. The van der Waals surface area contributed by atoms with Crippen LogP contribution in [0.25, 0.3) is 22.6 Å². The summed E-state index contributed by atoms with van der Waals surface area (Å²) < 4.78 is 0. The third-order valence-corrected chi connectivity index (χ3v) is 4.32. The molecule has 0 saturated carbocycles. The van der Waals surface area contributed by atoms with Crippen LogP contribution in [0.5, 0.6) is 0 Å². The maximum absolute atomic E-state index is 11.7. The Hall–Kier alpha value is -3.39. The van der Waals surface area contributed by atoms with Crippen molar-refractivity contribution in [2.45, 2.75) is 0 Å². The first kappa shape index (κ1) is 15.2. The highest BCUT2D eigenvalue weighted by molar-refractivity contribution is 6.07. The quantitative estimate of drug-likeness (QED) is 0.386. The summed E-state index contributed by atoms with van der Waals surface area (Å²) in [5, 5.41) is 1.05. The van der Waals surface area contributed by atoms with Gasteiger partial charge in [-0.05, 0) is 28.8 Å². The minimum absolute atomic E-state index is 0.604. The highest BCUT2D eigenvalue weighted by Gasteiger charge is 2.16. The monoisotopic (exact) mass is 323 g/mol. The first-order chi connectivity index (χ1) is 12.4. The molecular formula is C23H17NO. The summed E-state index contributed by atoms with van der Waals surface area (Å²) in [5.74, 6) is 0. The molecule has 0 atom stereocenters. The molecule has 0 amide bonds. The van der Waals surface area contributed by atoms with Crippen molar-refractivity contribution in [3.8, 4) is 0 Å². The van der Waals surface area contributed by atoms with Crippen molar-refractivity contribution in [1.29, 1.82) is 0 Å². The van der Waals surface area contributed by atoms with Crippen LogP contribution in [-0.4, -0.2) is 11.3 Å². The molecule has 4 aromatic rings. The van der Waals surface area contributed by atoms with Gasteiger partial charge >= 0.3 is 0 Å². The number of benzene rings is 3. The second-order valence-corrected chi connectivity index (χ2v) is 5.91. The van der Waals surface area contributed by atoms with Gasteiger partial charge in [0, 0.05) is 16.5 Å². The smallest absolute Gasteiger partial charge is 0.166 e. The second kappa shape index (κ2) is 6.62. The van der Waals surface area contributed by atoms with Crippen LogP contribution in [0.3, 0.4) is 0 Å². The minimum atomic E-state index is 0.604. The number of aromatic nitrogens is 1. The number of carbonyl (C=O) groups excluding carboxylic acids is 1. The van der Waals surface area contributed by atoms with E-state index < -0.39 is 0 Å². The van der Waals surface area contributed by atoms with E-state index in [1.54, 1.807) is 0 Å². The van der Waals surface area contributed by atoms with Crippen molar-refractivity contribution in [2.24, 2.45) is 0 Å². The topological polar surface area (TPSA) is 32.9 Å².